The molecule has 25 heavy (non-hydrogen) atoms. The number of primary amides is 1. The van der Waals surface area contributed by atoms with Gasteiger partial charge in [0.15, 0.2) is 11.0 Å². The fraction of sp³-hybridized carbons (Fsp3) is 0.471. The topological polar surface area (TPSA) is 77.0 Å². The van der Waals surface area contributed by atoms with Crippen molar-refractivity contribution in [1.29, 1.82) is 0 Å². The second-order valence-electron chi connectivity index (χ2n) is 6.21. The van der Waals surface area contributed by atoms with Crippen LogP contribution in [-0.4, -0.2) is 43.9 Å². The van der Waals surface area contributed by atoms with Crippen molar-refractivity contribution in [2.45, 2.75) is 43.1 Å². The van der Waals surface area contributed by atoms with Gasteiger partial charge >= 0.3 is 0 Å². The third-order valence-corrected chi connectivity index (χ3v) is 5.34. The zero-order valence-electron chi connectivity index (χ0n) is 14.2. The number of nitrogens with zero attached hydrogens (tertiary/aromatic N) is 4. The second kappa shape index (κ2) is 7.97. The maximum atomic E-state index is 13.3. The Morgan fingerprint density at radius 3 is 2.56 bits per heavy atom. The lowest BCUT2D eigenvalue weighted by atomic mass is 10.1. The standard InChI is InChI=1S/C17H22FN5OS/c1-12(16(19)24)25-17-21-20-15(11-22-9-3-2-4-10-22)23(17)14-7-5-13(18)6-8-14/h5-8,12H,2-4,9-11H2,1H3,(H2,19,24)/t12-/m0/s1. The molecule has 1 saturated heterocycles. The molecule has 0 radical (unpaired) electrons. The summed E-state index contributed by atoms with van der Waals surface area (Å²) in [6.45, 7) is 4.49. The van der Waals surface area contributed by atoms with Gasteiger partial charge in [-0.3, -0.25) is 14.3 Å². The minimum absolute atomic E-state index is 0.297. The maximum Gasteiger partial charge on any atom is 0.230 e. The summed E-state index contributed by atoms with van der Waals surface area (Å²) in [6, 6.07) is 6.20. The molecule has 1 aromatic carbocycles. The number of hydrogen-bond acceptors (Lipinski definition) is 5. The van der Waals surface area contributed by atoms with Gasteiger partial charge in [0.05, 0.1) is 11.8 Å². The van der Waals surface area contributed by atoms with Gasteiger partial charge in [-0.2, -0.15) is 0 Å². The number of hydrogen-bond donors (Lipinski definition) is 1. The van der Waals surface area contributed by atoms with E-state index in [1.165, 1.54) is 43.2 Å². The highest BCUT2D eigenvalue weighted by molar-refractivity contribution is 8.00. The van der Waals surface area contributed by atoms with Crippen LogP contribution in [0.15, 0.2) is 29.4 Å². The Hall–Kier alpha value is -1.93. The van der Waals surface area contributed by atoms with E-state index in [4.69, 9.17) is 5.73 Å². The number of likely N-dealkylation sites (tertiary alicyclic amines) is 1. The molecule has 3 rings (SSSR count). The molecular formula is C17H22FN5OS. The Bertz CT molecular complexity index is 727. The number of carbonyl (C=O) groups is 1. The first-order valence-corrected chi connectivity index (χ1v) is 9.31. The molecule has 0 spiro atoms. The second-order valence-corrected chi connectivity index (χ2v) is 7.52. The van der Waals surface area contributed by atoms with Gasteiger partial charge in [0.2, 0.25) is 5.91 Å². The van der Waals surface area contributed by atoms with E-state index >= 15 is 0 Å². The molecule has 1 aromatic heterocycles. The third-order valence-electron chi connectivity index (χ3n) is 4.28. The van der Waals surface area contributed by atoms with Crippen LogP contribution in [0.1, 0.15) is 32.0 Å². The molecule has 1 aliphatic rings. The average molecular weight is 363 g/mol. The minimum atomic E-state index is -0.425. The molecule has 1 fully saturated rings. The molecule has 2 heterocycles. The molecule has 0 unspecified atom stereocenters. The summed E-state index contributed by atoms with van der Waals surface area (Å²) in [4.78, 5) is 13.8. The first-order valence-electron chi connectivity index (χ1n) is 8.43. The number of piperidine rings is 1. The summed E-state index contributed by atoms with van der Waals surface area (Å²) in [7, 11) is 0. The quantitative estimate of drug-likeness (QED) is 0.797. The van der Waals surface area contributed by atoms with Crippen LogP contribution in [0.25, 0.3) is 5.69 Å². The SMILES string of the molecule is C[C@H](Sc1nnc(CN2CCCCC2)n1-c1ccc(F)cc1)C(N)=O. The molecule has 1 amide bonds. The number of thioether (sulfide) groups is 1. The summed E-state index contributed by atoms with van der Waals surface area (Å²) in [6.07, 6.45) is 3.63. The van der Waals surface area contributed by atoms with E-state index in [9.17, 15) is 9.18 Å². The predicted molar refractivity (Wildman–Crippen MR) is 95.0 cm³/mol. The van der Waals surface area contributed by atoms with Gasteiger partial charge in [0.25, 0.3) is 0 Å². The van der Waals surface area contributed by atoms with Crippen LogP contribution in [0.4, 0.5) is 4.39 Å². The van der Waals surface area contributed by atoms with Crippen LogP contribution in [0.5, 0.6) is 0 Å². The fourth-order valence-corrected chi connectivity index (χ4v) is 3.70. The van der Waals surface area contributed by atoms with Gasteiger partial charge in [-0.05, 0) is 57.1 Å². The number of nitrogens with two attached hydrogens (primary N) is 1. The van der Waals surface area contributed by atoms with Crippen LogP contribution in [0.2, 0.25) is 0 Å². The summed E-state index contributed by atoms with van der Waals surface area (Å²) >= 11 is 1.26. The summed E-state index contributed by atoms with van der Waals surface area (Å²) in [5, 5.41) is 8.74. The van der Waals surface area contributed by atoms with Gasteiger partial charge in [-0.15, -0.1) is 10.2 Å². The van der Waals surface area contributed by atoms with E-state index in [-0.39, 0.29) is 5.82 Å². The van der Waals surface area contributed by atoms with Crippen molar-refractivity contribution in [3.05, 3.63) is 35.9 Å². The highest BCUT2D eigenvalue weighted by atomic mass is 32.2. The van der Waals surface area contributed by atoms with Gasteiger partial charge in [0.1, 0.15) is 5.82 Å². The fourth-order valence-electron chi connectivity index (χ4n) is 2.86. The number of halogens is 1. The molecule has 0 aliphatic carbocycles. The van der Waals surface area contributed by atoms with Crippen LogP contribution < -0.4 is 5.73 Å². The first-order chi connectivity index (χ1) is 12.0. The molecular weight excluding hydrogens is 341 g/mol. The third kappa shape index (κ3) is 4.38. The van der Waals surface area contributed by atoms with E-state index in [2.05, 4.69) is 15.1 Å². The van der Waals surface area contributed by atoms with E-state index in [1.807, 2.05) is 4.57 Å². The molecule has 2 aromatic rings. The van der Waals surface area contributed by atoms with Crippen LogP contribution in [0, 0.1) is 5.82 Å². The number of benzene rings is 1. The Morgan fingerprint density at radius 2 is 1.92 bits per heavy atom. The maximum absolute atomic E-state index is 13.3. The smallest absolute Gasteiger partial charge is 0.230 e. The van der Waals surface area contributed by atoms with Gasteiger partial charge < -0.3 is 5.73 Å². The zero-order chi connectivity index (χ0) is 17.8. The molecule has 8 heteroatoms. The number of aromatic nitrogens is 3. The number of rotatable bonds is 6. The number of amides is 1. The van der Waals surface area contributed by atoms with Crippen LogP contribution >= 0.6 is 11.8 Å². The molecule has 1 aliphatic heterocycles. The normalized spacial score (nSPS) is 16.7. The molecule has 134 valence electrons. The predicted octanol–water partition coefficient (Wildman–Crippen LogP) is 2.36. The highest BCUT2D eigenvalue weighted by Gasteiger charge is 2.21. The summed E-state index contributed by atoms with van der Waals surface area (Å²) in [5.74, 6) is 0.0815. The molecule has 0 bridgehead atoms. The highest BCUT2D eigenvalue weighted by Crippen LogP contribution is 2.26. The van der Waals surface area contributed by atoms with Crippen LogP contribution in [-0.2, 0) is 11.3 Å². The Kier molecular flexibility index (Phi) is 5.70. The Balaban J connectivity index is 1.92. The van der Waals surface area contributed by atoms with Crippen molar-refractivity contribution in [1.82, 2.24) is 19.7 Å². The summed E-state index contributed by atoms with van der Waals surface area (Å²) in [5.41, 5.74) is 6.15. The van der Waals surface area contributed by atoms with E-state index < -0.39 is 11.2 Å². The minimum Gasteiger partial charge on any atom is -0.369 e. The van der Waals surface area contributed by atoms with Crippen molar-refractivity contribution >= 4 is 17.7 Å². The first kappa shape index (κ1) is 17.9. The van der Waals surface area contributed by atoms with E-state index in [0.29, 0.717) is 11.7 Å². The monoisotopic (exact) mass is 363 g/mol. The molecule has 2 N–H and O–H groups in total. The molecule has 1 atom stereocenters. The van der Waals surface area contributed by atoms with Crippen molar-refractivity contribution in [3.8, 4) is 5.69 Å². The van der Waals surface area contributed by atoms with Crippen molar-refractivity contribution < 1.29 is 9.18 Å². The average Bonchev–Trinajstić information content (AvgIpc) is 2.98. The Morgan fingerprint density at radius 1 is 1.24 bits per heavy atom. The van der Waals surface area contributed by atoms with Gasteiger partial charge in [-0.25, -0.2) is 4.39 Å². The lowest BCUT2D eigenvalue weighted by Gasteiger charge is -2.26. The molecule has 6 nitrogen and oxygen atoms in total. The largest absolute Gasteiger partial charge is 0.369 e. The van der Waals surface area contributed by atoms with Gasteiger partial charge in [0, 0.05) is 5.69 Å². The van der Waals surface area contributed by atoms with Crippen molar-refractivity contribution in [3.63, 3.8) is 0 Å². The van der Waals surface area contributed by atoms with Crippen molar-refractivity contribution in [2.24, 2.45) is 5.73 Å². The molecule has 0 saturated carbocycles. The van der Waals surface area contributed by atoms with Gasteiger partial charge in [-0.1, -0.05) is 18.2 Å². The lowest BCUT2D eigenvalue weighted by molar-refractivity contribution is -0.117. The lowest BCUT2D eigenvalue weighted by Crippen LogP contribution is -2.30. The van der Waals surface area contributed by atoms with Crippen molar-refractivity contribution in [2.75, 3.05) is 13.1 Å². The number of carbonyl (C=O) groups excluding carboxylic acids is 1. The zero-order valence-corrected chi connectivity index (χ0v) is 15.0. The van der Waals surface area contributed by atoms with Crippen LogP contribution in [0.3, 0.4) is 0 Å². The van der Waals surface area contributed by atoms with E-state index in [1.54, 1.807) is 19.1 Å². The van der Waals surface area contributed by atoms with E-state index in [0.717, 1.165) is 24.6 Å². The summed E-state index contributed by atoms with van der Waals surface area (Å²) < 4.78 is 15.2. The Labute approximate surface area is 150 Å².